The molecule has 1 amide bonds. The highest BCUT2D eigenvalue weighted by Gasteiger charge is 2.46. The van der Waals surface area contributed by atoms with E-state index >= 15 is 0 Å². The van der Waals surface area contributed by atoms with Gasteiger partial charge < -0.3 is 19.3 Å². The summed E-state index contributed by atoms with van der Waals surface area (Å²) in [5, 5.41) is 13.0. The highest BCUT2D eigenvalue weighted by molar-refractivity contribution is 7.10. The first kappa shape index (κ1) is 21.8. The smallest absolute Gasteiger partial charge is 0.295 e. The molecule has 8 heteroatoms. The fourth-order valence-electron chi connectivity index (χ4n) is 3.78. The number of nitrogens with zero attached hydrogens (tertiary/aromatic N) is 3. The fraction of sp³-hybridized carbons (Fsp3) is 0.292. The fourth-order valence-corrected chi connectivity index (χ4v) is 4.63. The maximum atomic E-state index is 13.0. The molecule has 4 rings (SSSR count). The van der Waals surface area contributed by atoms with Crippen LogP contribution in [-0.4, -0.2) is 44.4 Å². The summed E-state index contributed by atoms with van der Waals surface area (Å²) >= 11 is 1.46. The lowest BCUT2D eigenvalue weighted by Crippen LogP contribution is -2.31. The number of ketones is 1. The van der Waals surface area contributed by atoms with Crippen LogP contribution >= 0.6 is 11.3 Å². The summed E-state index contributed by atoms with van der Waals surface area (Å²) in [6, 6.07) is 10.1. The molecule has 1 fully saturated rings. The normalized spacial score (nSPS) is 17.8. The van der Waals surface area contributed by atoms with Gasteiger partial charge in [-0.25, -0.2) is 4.98 Å². The van der Waals surface area contributed by atoms with E-state index in [2.05, 4.69) is 4.98 Å². The molecule has 1 aromatic carbocycles. The van der Waals surface area contributed by atoms with Crippen LogP contribution in [0.4, 0.5) is 0 Å². The summed E-state index contributed by atoms with van der Waals surface area (Å²) in [5.41, 5.74) is 0.606. The highest BCUT2D eigenvalue weighted by atomic mass is 32.1. The van der Waals surface area contributed by atoms with Crippen LogP contribution in [0.3, 0.4) is 0 Å². The second-order valence-corrected chi connectivity index (χ2v) is 8.51. The number of aliphatic hydroxyl groups excluding tert-OH is 1. The van der Waals surface area contributed by atoms with Crippen molar-refractivity contribution < 1.29 is 19.4 Å². The number of aliphatic hydroxyl groups is 1. The third-order valence-corrected chi connectivity index (χ3v) is 6.25. The molecule has 1 saturated heterocycles. The molecule has 1 aliphatic rings. The number of Topliss-reactive ketones (excluding diaryl/α,β-unsaturated/α-hetero) is 1. The summed E-state index contributed by atoms with van der Waals surface area (Å²) in [4.78, 5) is 32.3. The van der Waals surface area contributed by atoms with Gasteiger partial charge in [0.15, 0.2) is 0 Å². The SMILES string of the molecule is CCCOc1ccc(/C(O)=C2/C(=O)C(=O)N(CCCn3ccnc3)C2c2cccs2)cc1. The van der Waals surface area contributed by atoms with Crippen LogP contribution in [0.2, 0.25) is 0 Å². The van der Waals surface area contributed by atoms with E-state index < -0.39 is 17.7 Å². The highest BCUT2D eigenvalue weighted by Crippen LogP contribution is 2.41. The molecular formula is C24H25N3O4S. The number of likely N-dealkylation sites (tertiary alicyclic amines) is 1. The maximum absolute atomic E-state index is 13.0. The lowest BCUT2D eigenvalue weighted by atomic mass is 10.00. The van der Waals surface area contributed by atoms with Gasteiger partial charge in [-0.3, -0.25) is 9.59 Å². The van der Waals surface area contributed by atoms with Crippen molar-refractivity contribution in [1.29, 1.82) is 0 Å². The summed E-state index contributed by atoms with van der Waals surface area (Å²) in [5.74, 6) is -0.715. The molecule has 1 atom stereocenters. The van der Waals surface area contributed by atoms with Crippen molar-refractivity contribution in [2.24, 2.45) is 0 Å². The Morgan fingerprint density at radius 3 is 2.66 bits per heavy atom. The van der Waals surface area contributed by atoms with E-state index in [0.717, 1.165) is 11.3 Å². The second-order valence-electron chi connectivity index (χ2n) is 7.53. The molecule has 0 bridgehead atoms. The van der Waals surface area contributed by atoms with E-state index in [4.69, 9.17) is 4.74 Å². The van der Waals surface area contributed by atoms with E-state index in [9.17, 15) is 14.7 Å². The zero-order valence-electron chi connectivity index (χ0n) is 17.8. The van der Waals surface area contributed by atoms with Crippen molar-refractivity contribution in [3.63, 3.8) is 0 Å². The van der Waals surface area contributed by atoms with Crippen LogP contribution in [0.1, 0.15) is 36.2 Å². The van der Waals surface area contributed by atoms with Crippen LogP contribution in [0, 0.1) is 0 Å². The van der Waals surface area contributed by atoms with Crippen LogP contribution < -0.4 is 4.74 Å². The predicted octanol–water partition coefficient (Wildman–Crippen LogP) is 4.25. The van der Waals surface area contributed by atoms with E-state index in [-0.39, 0.29) is 11.3 Å². The van der Waals surface area contributed by atoms with E-state index in [1.165, 1.54) is 11.3 Å². The van der Waals surface area contributed by atoms with Gasteiger partial charge in [0.1, 0.15) is 11.5 Å². The second kappa shape index (κ2) is 9.82. The number of imidazole rings is 1. The number of ether oxygens (including phenoxy) is 1. The largest absolute Gasteiger partial charge is 0.507 e. The standard InChI is InChI=1S/C24H25N3O4S/c1-2-14-31-18-8-6-17(7-9-18)22(28)20-21(19-5-3-15-32-19)27(24(30)23(20)29)12-4-11-26-13-10-25-16-26/h3,5-10,13,15-16,21,28H,2,4,11-12,14H2,1H3/b22-20-. The van der Waals surface area contributed by atoms with Gasteiger partial charge in [0.25, 0.3) is 11.7 Å². The molecule has 1 aliphatic heterocycles. The maximum Gasteiger partial charge on any atom is 0.295 e. The van der Waals surface area contributed by atoms with Gasteiger partial charge in [0.2, 0.25) is 0 Å². The van der Waals surface area contributed by atoms with Crippen molar-refractivity contribution >= 4 is 28.8 Å². The molecule has 7 nitrogen and oxygen atoms in total. The molecule has 2 aromatic heterocycles. The number of carbonyl (C=O) groups is 2. The number of amides is 1. The third-order valence-electron chi connectivity index (χ3n) is 5.33. The first-order valence-electron chi connectivity index (χ1n) is 10.6. The third kappa shape index (κ3) is 4.45. The van der Waals surface area contributed by atoms with E-state index in [0.29, 0.717) is 37.4 Å². The monoisotopic (exact) mass is 451 g/mol. The lowest BCUT2D eigenvalue weighted by molar-refractivity contribution is -0.139. The number of hydrogen-bond acceptors (Lipinski definition) is 6. The Balaban J connectivity index is 1.63. The number of aryl methyl sites for hydroxylation is 1. The van der Waals surface area contributed by atoms with Crippen molar-refractivity contribution in [3.05, 3.63) is 76.5 Å². The minimum Gasteiger partial charge on any atom is -0.507 e. The average Bonchev–Trinajstić information content (AvgIpc) is 3.56. The Morgan fingerprint density at radius 2 is 2.00 bits per heavy atom. The Bertz CT molecular complexity index is 1090. The molecule has 0 saturated carbocycles. The van der Waals surface area contributed by atoms with Crippen LogP contribution in [0.15, 0.2) is 66.1 Å². The Hall–Kier alpha value is -3.39. The number of hydrogen-bond donors (Lipinski definition) is 1. The van der Waals surface area contributed by atoms with Gasteiger partial charge in [-0.2, -0.15) is 0 Å². The van der Waals surface area contributed by atoms with Gasteiger partial charge in [-0.05, 0) is 48.6 Å². The van der Waals surface area contributed by atoms with E-state index in [1.807, 2.05) is 35.2 Å². The van der Waals surface area contributed by atoms with Gasteiger partial charge >= 0.3 is 0 Å². The Morgan fingerprint density at radius 1 is 1.19 bits per heavy atom. The quantitative estimate of drug-likeness (QED) is 0.299. The predicted molar refractivity (Wildman–Crippen MR) is 122 cm³/mol. The minimum atomic E-state index is -0.658. The molecule has 0 spiro atoms. The number of thiophene rings is 1. The first-order valence-corrected chi connectivity index (χ1v) is 11.5. The number of benzene rings is 1. The summed E-state index contributed by atoms with van der Waals surface area (Å²) in [7, 11) is 0. The number of rotatable bonds is 9. The van der Waals surface area contributed by atoms with Crippen LogP contribution in [0.25, 0.3) is 5.76 Å². The molecular weight excluding hydrogens is 426 g/mol. The first-order chi connectivity index (χ1) is 15.6. The van der Waals surface area contributed by atoms with Gasteiger partial charge in [-0.1, -0.05) is 13.0 Å². The van der Waals surface area contributed by atoms with E-state index in [1.54, 1.807) is 41.7 Å². The van der Waals surface area contributed by atoms with Crippen LogP contribution in [0.5, 0.6) is 5.75 Å². The minimum absolute atomic E-state index is 0.127. The topological polar surface area (TPSA) is 84.7 Å². The summed E-state index contributed by atoms with van der Waals surface area (Å²) < 4.78 is 7.52. The molecule has 1 unspecified atom stereocenters. The molecule has 166 valence electrons. The van der Waals surface area contributed by atoms with Gasteiger partial charge in [-0.15, -0.1) is 11.3 Å². The molecule has 1 N–H and O–H groups in total. The molecule has 0 radical (unpaired) electrons. The lowest BCUT2D eigenvalue weighted by Gasteiger charge is -2.24. The van der Waals surface area contributed by atoms with Crippen LogP contribution in [-0.2, 0) is 16.1 Å². The molecule has 32 heavy (non-hydrogen) atoms. The van der Waals surface area contributed by atoms with Gasteiger partial charge in [0.05, 0.1) is 24.5 Å². The summed E-state index contributed by atoms with van der Waals surface area (Å²) in [6.07, 6.45) is 6.84. The van der Waals surface area contributed by atoms with Crippen molar-refractivity contribution in [1.82, 2.24) is 14.5 Å². The Kier molecular flexibility index (Phi) is 6.70. The zero-order chi connectivity index (χ0) is 22.5. The number of carbonyl (C=O) groups excluding carboxylic acids is 2. The van der Waals surface area contributed by atoms with Crippen molar-refractivity contribution in [3.8, 4) is 5.75 Å². The van der Waals surface area contributed by atoms with Crippen molar-refractivity contribution in [2.75, 3.05) is 13.2 Å². The average molecular weight is 452 g/mol. The summed E-state index contributed by atoms with van der Waals surface area (Å²) in [6.45, 7) is 3.71. The molecule has 3 heterocycles. The molecule has 0 aliphatic carbocycles. The molecule has 3 aromatic rings. The number of aromatic nitrogens is 2. The Labute approximate surface area is 190 Å². The zero-order valence-corrected chi connectivity index (χ0v) is 18.6. The van der Waals surface area contributed by atoms with Gasteiger partial charge in [0, 0.05) is 35.9 Å². The van der Waals surface area contributed by atoms with Crippen molar-refractivity contribution in [2.45, 2.75) is 32.4 Å².